The van der Waals surface area contributed by atoms with Crippen LogP contribution < -0.4 is 0 Å². The summed E-state index contributed by atoms with van der Waals surface area (Å²) in [6.45, 7) is 1.95. The number of hydrogen-bond donors (Lipinski definition) is 0. The number of nitrogens with zero attached hydrogens (tertiary/aromatic N) is 3. The van der Waals surface area contributed by atoms with Crippen LogP contribution in [0.5, 0.6) is 0 Å². The number of aromatic nitrogens is 3. The first-order valence-electron chi connectivity index (χ1n) is 7.96. The maximum absolute atomic E-state index is 13.7. The maximum Gasteiger partial charge on any atom is 0.417 e. The number of halogens is 3. The first-order valence-corrected chi connectivity index (χ1v) is 8.84. The van der Waals surface area contributed by atoms with Gasteiger partial charge in [0.2, 0.25) is 0 Å². The van der Waals surface area contributed by atoms with E-state index in [4.69, 9.17) is 0 Å². The van der Waals surface area contributed by atoms with Crippen molar-refractivity contribution in [3.05, 3.63) is 70.7 Å². The molecule has 0 spiro atoms. The molecule has 0 fully saturated rings. The van der Waals surface area contributed by atoms with Crippen LogP contribution in [0, 0.1) is 6.92 Å². The number of alkyl halides is 3. The minimum atomic E-state index is -4.47. The van der Waals surface area contributed by atoms with Gasteiger partial charge in [0.15, 0.2) is 5.65 Å². The number of fused-ring (bicyclic) bond motifs is 1. The zero-order chi connectivity index (χ0) is 18.3. The minimum absolute atomic E-state index is 0.0636. The molecular formula is C19H14F3N3S. The molecule has 0 saturated carbocycles. The van der Waals surface area contributed by atoms with Gasteiger partial charge in [-0.25, -0.2) is 9.67 Å². The standard InChI is InChI=1S/C19H14F3N3S/c1-12-17-14(19(20,21)22)10-15(16-8-5-9-26-16)23-18(17)25(24-12)11-13-6-3-2-4-7-13/h2-10H,11H2,1H3. The van der Waals surface area contributed by atoms with Crippen molar-refractivity contribution < 1.29 is 13.2 Å². The third-order valence-electron chi connectivity index (χ3n) is 4.13. The van der Waals surface area contributed by atoms with Gasteiger partial charge in [0.25, 0.3) is 0 Å². The molecule has 0 unspecified atom stereocenters. The highest BCUT2D eigenvalue weighted by molar-refractivity contribution is 7.13. The summed E-state index contributed by atoms with van der Waals surface area (Å²) in [6, 6.07) is 14.2. The molecule has 0 aliphatic rings. The summed E-state index contributed by atoms with van der Waals surface area (Å²) in [4.78, 5) is 5.22. The van der Waals surface area contributed by atoms with Crippen molar-refractivity contribution in [1.82, 2.24) is 14.8 Å². The Morgan fingerprint density at radius 3 is 2.50 bits per heavy atom. The number of hydrogen-bond acceptors (Lipinski definition) is 3. The molecule has 0 saturated heterocycles. The molecular weight excluding hydrogens is 359 g/mol. The van der Waals surface area contributed by atoms with E-state index in [0.29, 0.717) is 22.8 Å². The van der Waals surface area contributed by atoms with E-state index < -0.39 is 11.7 Å². The van der Waals surface area contributed by atoms with Crippen LogP contribution in [0.15, 0.2) is 53.9 Å². The van der Waals surface area contributed by atoms with E-state index >= 15 is 0 Å². The highest BCUT2D eigenvalue weighted by Gasteiger charge is 2.35. The van der Waals surface area contributed by atoms with Crippen LogP contribution in [0.1, 0.15) is 16.8 Å². The zero-order valence-electron chi connectivity index (χ0n) is 13.8. The Morgan fingerprint density at radius 2 is 1.85 bits per heavy atom. The number of pyridine rings is 1. The maximum atomic E-state index is 13.7. The first kappa shape index (κ1) is 16.8. The van der Waals surface area contributed by atoms with Crippen molar-refractivity contribution in [1.29, 1.82) is 0 Å². The lowest BCUT2D eigenvalue weighted by Gasteiger charge is -2.11. The smallest absolute Gasteiger partial charge is 0.243 e. The lowest BCUT2D eigenvalue weighted by molar-refractivity contribution is -0.136. The summed E-state index contributed by atoms with van der Waals surface area (Å²) < 4.78 is 42.6. The van der Waals surface area contributed by atoms with Gasteiger partial charge in [0.1, 0.15) is 0 Å². The van der Waals surface area contributed by atoms with Crippen LogP contribution in [0.3, 0.4) is 0 Å². The molecule has 3 heterocycles. The monoisotopic (exact) mass is 373 g/mol. The summed E-state index contributed by atoms with van der Waals surface area (Å²) in [5.74, 6) is 0. The summed E-state index contributed by atoms with van der Waals surface area (Å²) in [6.07, 6.45) is -4.47. The number of benzene rings is 1. The van der Waals surface area contributed by atoms with E-state index in [0.717, 1.165) is 11.6 Å². The van der Waals surface area contributed by atoms with Crippen LogP contribution in [-0.4, -0.2) is 14.8 Å². The van der Waals surface area contributed by atoms with E-state index in [1.165, 1.54) is 11.3 Å². The third-order valence-corrected chi connectivity index (χ3v) is 5.02. The minimum Gasteiger partial charge on any atom is -0.243 e. The average Bonchev–Trinajstić information content (AvgIpc) is 3.24. The van der Waals surface area contributed by atoms with Gasteiger partial charge in [-0.15, -0.1) is 11.3 Å². The number of aryl methyl sites for hydroxylation is 1. The van der Waals surface area contributed by atoms with Crippen molar-refractivity contribution in [2.75, 3.05) is 0 Å². The van der Waals surface area contributed by atoms with Crippen molar-refractivity contribution in [3.63, 3.8) is 0 Å². The van der Waals surface area contributed by atoms with E-state index in [-0.39, 0.29) is 11.0 Å². The van der Waals surface area contributed by atoms with Gasteiger partial charge in [-0.2, -0.15) is 18.3 Å². The van der Waals surface area contributed by atoms with Gasteiger partial charge in [0, 0.05) is 0 Å². The molecule has 3 nitrogen and oxygen atoms in total. The van der Waals surface area contributed by atoms with Crippen molar-refractivity contribution in [2.24, 2.45) is 0 Å². The van der Waals surface area contributed by atoms with Gasteiger partial charge < -0.3 is 0 Å². The molecule has 0 radical (unpaired) electrons. The molecule has 0 N–H and O–H groups in total. The van der Waals surface area contributed by atoms with Gasteiger partial charge in [-0.1, -0.05) is 36.4 Å². The quantitative estimate of drug-likeness (QED) is 0.472. The predicted molar refractivity (Wildman–Crippen MR) is 96.1 cm³/mol. The fourth-order valence-electron chi connectivity index (χ4n) is 2.99. The lowest BCUT2D eigenvalue weighted by Crippen LogP contribution is -2.08. The number of rotatable bonds is 3. The van der Waals surface area contributed by atoms with Gasteiger partial charge in [0.05, 0.1) is 33.8 Å². The molecule has 0 atom stereocenters. The van der Waals surface area contributed by atoms with Crippen LogP contribution in [0.2, 0.25) is 0 Å². The Kier molecular flexibility index (Phi) is 4.03. The van der Waals surface area contributed by atoms with E-state index in [2.05, 4.69) is 10.1 Å². The Labute approximate surface area is 151 Å². The van der Waals surface area contributed by atoms with E-state index in [1.54, 1.807) is 23.7 Å². The van der Waals surface area contributed by atoms with Crippen LogP contribution >= 0.6 is 11.3 Å². The summed E-state index contributed by atoms with van der Waals surface area (Å²) in [5.41, 5.74) is 1.16. The van der Waals surface area contributed by atoms with Crippen molar-refractivity contribution in [3.8, 4) is 10.6 Å². The lowest BCUT2D eigenvalue weighted by atomic mass is 10.1. The molecule has 1 aromatic carbocycles. The van der Waals surface area contributed by atoms with Crippen molar-refractivity contribution in [2.45, 2.75) is 19.6 Å². The van der Waals surface area contributed by atoms with Gasteiger partial charge in [-0.05, 0) is 30.0 Å². The Hall–Kier alpha value is -2.67. The molecule has 7 heteroatoms. The van der Waals surface area contributed by atoms with Crippen molar-refractivity contribution >= 4 is 22.4 Å². The molecule has 0 amide bonds. The number of thiophene rings is 1. The molecule has 4 rings (SSSR count). The highest BCUT2D eigenvalue weighted by atomic mass is 32.1. The molecule has 0 aliphatic carbocycles. The van der Waals surface area contributed by atoms with Crippen LogP contribution in [0.25, 0.3) is 21.6 Å². The summed E-state index contributed by atoms with van der Waals surface area (Å²) in [5, 5.41) is 6.22. The SMILES string of the molecule is Cc1nn(Cc2ccccc2)c2nc(-c3cccs3)cc(C(F)(F)F)c12. The van der Waals surface area contributed by atoms with Crippen LogP contribution in [0.4, 0.5) is 13.2 Å². The normalized spacial score (nSPS) is 12.0. The fourth-order valence-corrected chi connectivity index (χ4v) is 3.68. The highest BCUT2D eigenvalue weighted by Crippen LogP contribution is 2.38. The second-order valence-corrected chi connectivity index (χ2v) is 6.91. The third kappa shape index (κ3) is 2.99. The Balaban J connectivity index is 1.96. The summed E-state index contributed by atoms with van der Waals surface area (Å²) in [7, 11) is 0. The zero-order valence-corrected chi connectivity index (χ0v) is 14.6. The molecule has 3 aromatic heterocycles. The van der Waals surface area contributed by atoms with Gasteiger partial charge in [-0.3, -0.25) is 0 Å². The molecule has 4 aromatic rings. The van der Waals surface area contributed by atoms with E-state index in [1.807, 2.05) is 35.7 Å². The molecule has 0 bridgehead atoms. The topological polar surface area (TPSA) is 30.7 Å². The second-order valence-electron chi connectivity index (χ2n) is 5.96. The second kappa shape index (κ2) is 6.25. The largest absolute Gasteiger partial charge is 0.417 e. The molecule has 26 heavy (non-hydrogen) atoms. The van der Waals surface area contributed by atoms with Crippen LogP contribution in [-0.2, 0) is 12.7 Å². The average molecular weight is 373 g/mol. The predicted octanol–water partition coefficient (Wildman–Crippen LogP) is 5.54. The van der Waals surface area contributed by atoms with Gasteiger partial charge >= 0.3 is 6.18 Å². The van der Waals surface area contributed by atoms with E-state index in [9.17, 15) is 13.2 Å². The first-order chi connectivity index (χ1) is 12.4. The summed E-state index contributed by atoms with van der Waals surface area (Å²) >= 11 is 1.36. The Morgan fingerprint density at radius 1 is 1.08 bits per heavy atom. The Bertz CT molecular complexity index is 1050. The molecule has 132 valence electrons. The molecule has 0 aliphatic heterocycles. The fraction of sp³-hybridized carbons (Fsp3) is 0.158.